The number of ether oxygens (including phenoxy) is 1. The van der Waals surface area contributed by atoms with Crippen LogP contribution in [0, 0.1) is 17.8 Å². The van der Waals surface area contributed by atoms with Crippen molar-refractivity contribution in [2.75, 3.05) is 39.3 Å². The highest BCUT2D eigenvalue weighted by molar-refractivity contribution is 5.03. The van der Waals surface area contributed by atoms with E-state index in [1.54, 1.807) is 0 Å². The highest BCUT2D eigenvalue weighted by Gasteiger charge is 2.51. The van der Waals surface area contributed by atoms with E-state index in [4.69, 9.17) is 4.74 Å². The molecule has 4 saturated carbocycles. The van der Waals surface area contributed by atoms with Crippen LogP contribution in [0.2, 0.25) is 0 Å². The highest BCUT2D eigenvalue weighted by Crippen LogP contribution is 2.57. The maximum atomic E-state index is 6.48. The summed E-state index contributed by atoms with van der Waals surface area (Å²) in [4.78, 5) is 2.55. The van der Waals surface area contributed by atoms with Gasteiger partial charge in [0, 0.05) is 32.7 Å². The molecule has 4 bridgehead atoms. The van der Waals surface area contributed by atoms with Crippen LogP contribution < -0.4 is 5.32 Å². The largest absolute Gasteiger partial charge is 0.374 e. The number of hydrogen-bond acceptors (Lipinski definition) is 3. The fourth-order valence-electron chi connectivity index (χ4n) is 5.53. The molecule has 19 heavy (non-hydrogen) atoms. The first-order valence-electron chi connectivity index (χ1n) is 8.38. The normalized spacial score (nSPS) is 45.8. The van der Waals surface area contributed by atoms with Gasteiger partial charge < -0.3 is 10.1 Å². The Morgan fingerprint density at radius 1 is 0.947 bits per heavy atom. The summed E-state index contributed by atoms with van der Waals surface area (Å²) in [5, 5.41) is 3.42. The molecule has 1 saturated heterocycles. The highest BCUT2D eigenvalue weighted by atomic mass is 16.5. The van der Waals surface area contributed by atoms with Gasteiger partial charge in [0.05, 0.1) is 12.2 Å². The van der Waals surface area contributed by atoms with E-state index in [0.717, 1.165) is 44.0 Å². The molecular formula is C16H28N2O. The molecule has 4 aliphatic carbocycles. The minimum atomic E-state index is 0.308. The van der Waals surface area contributed by atoms with Crippen molar-refractivity contribution in [1.82, 2.24) is 10.2 Å². The molecule has 1 N–H and O–H groups in total. The summed E-state index contributed by atoms with van der Waals surface area (Å²) in [5.41, 5.74) is 0.308. The molecule has 108 valence electrons. The number of rotatable bonds is 4. The van der Waals surface area contributed by atoms with Crippen LogP contribution in [-0.2, 0) is 4.74 Å². The van der Waals surface area contributed by atoms with Crippen LogP contribution in [0.5, 0.6) is 0 Å². The average molecular weight is 264 g/mol. The molecule has 0 aromatic heterocycles. The topological polar surface area (TPSA) is 24.5 Å². The standard InChI is InChI=1S/C16H28N2O/c1-3-18(4-2-17-1)5-6-19-16-10-13-7-14(11-16)9-15(8-13)12-16/h13-15,17H,1-12H2. The smallest absolute Gasteiger partial charge is 0.0691 e. The molecule has 0 aromatic rings. The van der Waals surface area contributed by atoms with E-state index >= 15 is 0 Å². The van der Waals surface area contributed by atoms with Crippen molar-refractivity contribution >= 4 is 0 Å². The Morgan fingerprint density at radius 3 is 2.11 bits per heavy atom. The van der Waals surface area contributed by atoms with E-state index in [1.807, 2.05) is 0 Å². The molecule has 1 aliphatic heterocycles. The first-order valence-corrected chi connectivity index (χ1v) is 8.38. The third-order valence-corrected chi connectivity index (χ3v) is 6.01. The third kappa shape index (κ3) is 2.57. The maximum absolute atomic E-state index is 6.48. The van der Waals surface area contributed by atoms with Crippen molar-refractivity contribution in [3.8, 4) is 0 Å². The Hall–Kier alpha value is -0.120. The Balaban J connectivity index is 1.30. The van der Waals surface area contributed by atoms with Gasteiger partial charge in [0.15, 0.2) is 0 Å². The zero-order valence-electron chi connectivity index (χ0n) is 12.1. The molecule has 3 nitrogen and oxygen atoms in total. The van der Waals surface area contributed by atoms with Crippen molar-refractivity contribution in [2.24, 2.45) is 17.8 Å². The van der Waals surface area contributed by atoms with Gasteiger partial charge in [-0.25, -0.2) is 0 Å². The van der Waals surface area contributed by atoms with Crippen LogP contribution in [0.25, 0.3) is 0 Å². The number of nitrogens with one attached hydrogen (secondary N) is 1. The maximum Gasteiger partial charge on any atom is 0.0691 e. The fourth-order valence-corrected chi connectivity index (χ4v) is 5.53. The molecular weight excluding hydrogens is 236 g/mol. The van der Waals surface area contributed by atoms with E-state index in [0.29, 0.717) is 5.60 Å². The lowest BCUT2D eigenvalue weighted by atomic mass is 9.54. The van der Waals surface area contributed by atoms with Crippen LogP contribution in [0.15, 0.2) is 0 Å². The van der Waals surface area contributed by atoms with Crippen molar-refractivity contribution in [1.29, 1.82) is 0 Å². The molecule has 5 rings (SSSR count). The van der Waals surface area contributed by atoms with Crippen LogP contribution in [0.1, 0.15) is 38.5 Å². The summed E-state index contributed by atoms with van der Waals surface area (Å²) < 4.78 is 6.48. The second-order valence-corrected chi connectivity index (χ2v) is 7.54. The van der Waals surface area contributed by atoms with Gasteiger partial charge in [-0.15, -0.1) is 0 Å². The fraction of sp³-hybridized carbons (Fsp3) is 1.00. The van der Waals surface area contributed by atoms with Gasteiger partial charge in [-0.05, 0) is 56.3 Å². The van der Waals surface area contributed by atoms with Gasteiger partial charge >= 0.3 is 0 Å². The summed E-state index contributed by atoms with van der Waals surface area (Å²) in [7, 11) is 0. The molecule has 3 heteroatoms. The predicted octanol–water partition coefficient (Wildman–Crippen LogP) is 1.88. The molecule has 1 heterocycles. The van der Waals surface area contributed by atoms with Crippen molar-refractivity contribution in [3.63, 3.8) is 0 Å². The molecule has 0 radical (unpaired) electrons. The first-order chi connectivity index (χ1) is 9.31. The van der Waals surface area contributed by atoms with Gasteiger partial charge in [0.25, 0.3) is 0 Å². The van der Waals surface area contributed by atoms with Crippen molar-refractivity contribution < 1.29 is 4.74 Å². The summed E-state index contributed by atoms with van der Waals surface area (Å²) in [5.74, 6) is 3.02. The summed E-state index contributed by atoms with van der Waals surface area (Å²) >= 11 is 0. The molecule has 5 fully saturated rings. The van der Waals surface area contributed by atoms with Gasteiger partial charge in [-0.3, -0.25) is 4.90 Å². The van der Waals surface area contributed by atoms with Gasteiger partial charge in [-0.1, -0.05) is 0 Å². The minimum Gasteiger partial charge on any atom is -0.374 e. The van der Waals surface area contributed by atoms with E-state index in [9.17, 15) is 0 Å². The average Bonchev–Trinajstić information content (AvgIpc) is 2.38. The summed E-state index contributed by atoms with van der Waals surface area (Å²) in [6.07, 6.45) is 8.67. The number of piperazine rings is 1. The minimum absolute atomic E-state index is 0.308. The molecule has 0 atom stereocenters. The van der Waals surface area contributed by atoms with Crippen molar-refractivity contribution in [2.45, 2.75) is 44.1 Å². The quantitative estimate of drug-likeness (QED) is 0.839. The van der Waals surface area contributed by atoms with Gasteiger partial charge in [0.1, 0.15) is 0 Å². The molecule has 0 amide bonds. The lowest BCUT2D eigenvalue weighted by molar-refractivity contribution is -0.164. The Labute approximate surface area is 117 Å². The van der Waals surface area contributed by atoms with E-state index in [-0.39, 0.29) is 0 Å². The van der Waals surface area contributed by atoms with Gasteiger partial charge in [0.2, 0.25) is 0 Å². The summed E-state index contributed by atoms with van der Waals surface area (Å²) in [6.45, 7) is 6.80. The van der Waals surface area contributed by atoms with Crippen LogP contribution in [0.3, 0.4) is 0 Å². The monoisotopic (exact) mass is 264 g/mol. The van der Waals surface area contributed by atoms with E-state index in [1.165, 1.54) is 51.6 Å². The zero-order valence-corrected chi connectivity index (χ0v) is 12.1. The summed E-state index contributed by atoms with van der Waals surface area (Å²) in [6, 6.07) is 0. The van der Waals surface area contributed by atoms with Crippen molar-refractivity contribution in [3.05, 3.63) is 0 Å². The molecule has 0 spiro atoms. The predicted molar refractivity (Wildman–Crippen MR) is 76.2 cm³/mol. The molecule has 0 unspecified atom stereocenters. The second-order valence-electron chi connectivity index (χ2n) is 7.54. The first kappa shape index (κ1) is 12.6. The Kier molecular flexibility index (Phi) is 3.33. The lowest BCUT2D eigenvalue weighted by Crippen LogP contribution is -2.53. The number of nitrogens with zero attached hydrogens (tertiary/aromatic N) is 1. The second kappa shape index (κ2) is 5.01. The Bertz CT molecular complexity index is 289. The van der Waals surface area contributed by atoms with Crippen LogP contribution in [-0.4, -0.2) is 49.8 Å². The zero-order chi connectivity index (χ0) is 12.7. The van der Waals surface area contributed by atoms with Crippen LogP contribution >= 0.6 is 0 Å². The van der Waals surface area contributed by atoms with E-state index < -0.39 is 0 Å². The lowest BCUT2D eigenvalue weighted by Gasteiger charge is -2.56. The Morgan fingerprint density at radius 2 is 1.53 bits per heavy atom. The van der Waals surface area contributed by atoms with Crippen LogP contribution in [0.4, 0.5) is 0 Å². The molecule has 5 aliphatic rings. The third-order valence-electron chi connectivity index (χ3n) is 6.01. The SMILES string of the molecule is C1CN(CCOC23CC4CC(CC(C4)C2)C3)CCN1. The van der Waals surface area contributed by atoms with E-state index in [2.05, 4.69) is 10.2 Å². The molecule has 0 aromatic carbocycles. The number of hydrogen-bond donors (Lipinski definition) is 1. The van der Waals surface area contributed by atoms with Gasteiger partial charge in [-0.2, -0.15) is 0 Å².